The summed E-state index contributed by atoms with van der Waals surface area (Å²) in [6.07, 6.45) is -4.91. The molecule has 0 unspecified atom stereocenters. The fourth-order valence-corrected chi connectivity index (χ4v) is 5.62. The van der Waals surface area contributed by atoms with Crippen molar-refractivity contribution < 1.29 is 34.9 Å². The zero-order valence-electron chi connectivity index (χ0n) is 15.0. The van der Waals surface area contributed by atoms with Gasteiger partial charge in [0.2, 0.25) is 9.84 Å². The maximum Gasteiger partial charge on any atom is 0.417 e. The van der Waals surface area contributed by atoms with E-state index in [1.54, 1.807) is 0 Å². The summed E-state index contributed by atoms with van der Waals surface area (Å²) in [4.78, 5) is 8.23. The molecule has 0 atom stereocenters. The van der Waals surface area contributed by atoms with Gasteiger partial charge in [0.15, 0.2) is 0 Å². The molecule has 0 heterocycles. The van der Waals surface area contributed by atoms with Crippen LogP contribution in [0.2, 0.25) is 0 Å². The number of nitro groups is 1. The molecule has 2 aromatic rings. The van der Waals surface area contributed by atoms with Gasteiger partial charge in [-0.25, -0.2) is 16.8 Å². The highest BCUT2D eigenvalue weighted by Crippen LogP contribution is 2.35. The SMILES string of the molecule is Cc1cc(NS(=O)(=O)c2ccccc2C(F)(F)F)cc(C)c1S(=O)(=O)C[N+](=O)[O-]. The molecule has 0 aliphatic rings. The van der Waals surface area contributed by atoms with Crippen LogP contribution in [0.1, 0.15) is 16.7 Å². The van der Waals surface area contributed by atoms with Crippen molar-refractivity contribution >= 4 is 25.5 Å². The Morgan fingerprint density at radius 3 is 2.03 bits per heavy atom. The third-order valence-electron chi connectivity index (χ3n) is 3.78. The third-order valence-corrected chi connectivity index (χ3v) is 7.04. The molecular weight excluding hydrogens is 437 g/mol. The molecule has 2 rings (SSSR count). The van der Waals surface area contributed by atoms with E-state index in [1.807, 2.05) is 4.72 Å². The summed E-state index contributed by atoms with van der Waals surface area (Å²) in [5.74, 6) is -1.35. The van der Waals surface area contributed by atoms with Crippen LogP contribution >= 0.6 is 0 Å². The minimum Gasteiger partial charge on any atom is -0.280 e. The average Bonchev–Trinajstić information content (AvgIpc) is 2.51. The van der Waals surface area contributed by atoms with Crippen LogP contribution < -0.4 is 4.72 Å². The topological polar surface area (TPSA) is 123 Å². The van der Waals surface area contributed by atoms with E-state index < -0.39 is 47.3 Å². The van der Waals surface area contributed by atoms with E-state index in [-0.39, 0.29) is 21.7 Å². The summed E-state index contributed by atoms with van der Waals surface area (Å²) in [5, 5.41) is 10.6. The summed E-state index contributed by atoms with van der Waals surface area (Å²) < 4.78 is 90.7. The van der Waals surface area contributed by atoms with E-state index in [0.717, 1.165) is 30.3 Å². The number of aryl methyl sites for hydroxylation is 2. The van der Waals surface area contributed by atoms with Crippen molar-refractivity contribution in [3.8, 4) is 0 Å². The highest BCUT2D eigenvalue weighted by atomic mass is 32.2. The van der Waals surface area contributed by atoms with Crippen LogP contribution in [-0.2, 0) is 26.0 Å². The minimum atomic E-state index is -4.91. The number of benzene rings is 2. The number of rotatable bonds is 6. The van der Waals surface area contributed by atoms with Gasteiger partial charge in [-0.1, -0.05) is 12.1 Å². The summed E-state index contributed by atoms with van der Waals surface area (Å²) >= 11 is 0. The molecule has 0 bridgehead atoms. The van der Waals surface area contributed by atoms with Gasteiger partial charge in [0.1, 0.15) is 0 Å². The number of nitrogens with one attached hydrogen (secondary N) is 1. The molecule has 0 amide bonds. The number of sulfone groups is 1. The molecule has 29 heavy (non-hydrogen) atoms. The Balaban J connectivity index is 2.51. The monoisotopic (exact) mass is 452 g/mol. The number of nitrogens with zero attached hydrogens (tertiary/aromatic N) is 1. The second kappa shape index (κ2) is 7.63. The molecule has 0 saturated heterocycles. The number of sulfonamides is 1. The van der Waals surface area contributed by atoms with Crippen molar-refractivity contribution in [3.05, 3.63) is 63.2 Å². The Labute approximate surface area is 164 Å². The van der Waals surface area contributed by atoms with Gasteiger partial charge < -0.3 is 0 Å². The van der Waals surface area contributed by atoms with Crippen molar-refractivity contribution in [1.82, 2.24) is 0 Å². The van der Waals surface area contributed by atoms with Crippen molar-refractivity contribution in [2.45, 2.75) is 29.8 Å². The molecule has 0 spiro atoms. The fraction of sp³-hybridized carbons (Fsp3) is 0.250. The maximum absolute atomic E-state index is 13.1. The molecule has 0 aliphatic heterocycles. The highest BCUT2D eigenvalue weighted by Gasteiger charge is 2.37. The van der Waals surface area contributed by atoms with Gasteiger partial charge in [0, 0.05) is 10.6 Å². The van der Waals surface area contributed by atoms with Crippen molar-refractivity contribution in [3.63, 3.8) is 0 Å². The molecule has 2 aromatic carbocycles. The van der Waals surface area contributed by atoms with Gasteiger partial charge in [0.05, 0.1) is 15.4 Å². The van der Waals surface area contributed by atoms with Gasteiger partial charge in [0.25, 0.3) is 10.0 Å². The standard InChI is InChI=1S/C16H15F3N2O6S2/c1-10-7-12(8-11(2)15(10)28(24,25)9-21(22)23)20-29(26,27)14-6-4-3-5-13(14)16(17,18)19/h3-8,20H,9H2,1-2H3. The molecule has 0 radical (unpaired) electrons. The van der Waals surface area contributed by atoms with Gasteiger partial charge in [-0.3, -0.25) is 14.8 Å². The number of alkyl halides is 3. The average molecular weight is 452 g/mol. The van der Waals surface area contributed by atoms with E-state index in [2.05, 4.69) is 0 Å². The predicted molar refractivity (Wildman–Crippen MR) is 97.2 cm³/mol. The number of hydrogen-bond acceptors (Lipinski definition) is 6. The molecular formula is C16H15F3N2O6S2. The zero-order chi connectivity index (χ0) is 22.2. The molecule has 0 saturated carbocycles. The van der Waals surface area contributed by atoms with E-state index in [0.29, 0.717) is 6.07 Å². The van der Waals surface area contributed by atoms with Crippen LogP contribution in [0.15, 0.2) is 46.2 Å². The first kappa shape index (κ1) is 22.6. The van der Waals surface area contributed by atoms with Crippen LogP contribution in [0.25, 0.3) is 0 Å². The van der Waals surface area contributed by atoms with Crippen LogP contribution in [-0.4, -0.2) is 27.6 Å². The van der Waals surface area contributed by atoms with Crippen molar-refractivity contribution in [2.75, 3.05) is 10.6 Å². The van der Waals surface area contributed by atoms with Crippen molar-refractivity contribution in [1.29, 1.82) is 0 Å². The highest BCUT2D eigenvalue weighted by molar-refractivity contribution is 7.92. The van der Waals surface area contributed by atoms with Crippen LogP contribution in [0, 0.1) is 24.0 Å². The number of hydrogen-bond donors (Lipinski definition) is 1. The lowest BCUT2D eigenvalue weighted by Gasteiger charge is -2.16. The van der Waals surface area contributed by atoms with E-state index in [4.69, 9.17) is 0 Å². The normalized spacial score (nSPS) is 12.6. The van der Waals surface area contributed by atoms with Gasteiger partial charge >= 0.3 is 12.1 Å². The summed E-state index contributed by atoms with van der Waals surface area (Å²) in [5.41, 5.74) is -1.52. The quantitative estimate of drug-likeness (QED) is 0.531. The van der Waals surface area contributed by atoms with E-state index >= 15 is 0 Å². The zero-order valence-corrected chi connectivity index (χ0v) is 16.7. The van der Waals surface area contributed by atoms with Crippen LogP contribution in [0.4, 0.5) is 18.9 Å². The predicted octanol–water partition coefficient (Wildman–Crippen LogP) is 3.13. The second-order valence-electron chi connectivity index (χ2n) is 6.12. The molecule has 13 heteroatoms. The lowest BCUT2D eigenvalue weighted by molar-refractivity contribution is -0.458. The Morgan fingerprint density at radius 2 is 1.55 bits per heavy atom. The lowest BCUT2D eigenvalue weighted by atomic mass is 10.1. The summed E-state index contributed by atoms with van der Waals surface area (Å²) in [6.45, 7) is 2.59. The molecule has 1 N–H and O–H groups in total. The maximum atomic E-state index is 13.1. The Kier molecular flexibility index (Phi) is 5.95. The molecule has 0 aromatic heterocycles. The largest absolute Gasteiger partial charge is 0.417 e. The Bertz CT molecular complexity index is 1150. The first-order valence-corrected chi connectivity index (χ1v) is 10.9. The molecule has 158 valence electrons. The van der Waals surface area contributed by atoms with Gasteiger partial charge in [-0.2, -0.15) is 13.2 Å². The van der Waals surface area contributed by atoms with E-state index in [9.17, 15) is 40.1 Å². The van der Waals surface area contributed by atoms with Crippen LogP contribution in [0.3, 0.4) is 0 Å². The first-order valence-electron chi connectivity index (χ1n) is 7.80. The Hall–Kier alpha value is -2.67. The minimum absolute atomic E-state index is 0.00802. The fourth-order valence-electron chi connectivity index (χ4n) is 2.85. The molecule has 0 fully saturated rings. The Morgan fingerprint density at radius 1 is 1.03 bits per heavy atom. The third kappa shape index (κ3) is 5.03. The second-order valence-corrected chi connectivity index (χ2v) is 9.66. The van der Waals surface area contributed by atoms with Crippen LogP contribution in [0.5, 0.6) is 0 Å². The van der Waals surface area contributed by atoms with Gasteiger partial charge in [-0.05, 0) is 49.2 Å². The number of halogens is 3. The first-order chi connectivity index (χ1) is 13.1. The lowest BCUT2D eigenvalue weighted by Crippen LogP contribution is -2.20. The smallest absolute Gasteiger partial charge is 0.280 e. The molecule has 8 nitrogen and oxygen atoms in total. The number of anilines is 1. The molecule has 0 aliphatic carbocycles. The van der Waals surface area contributed by atoms with E-state index in [1.165, 1.54) is 13.8 Å². The van der Waals surface area contributed by atoms with Crippen molar-refractivity contribution in [2.24, 2.45) is 0 Å². The van der Waals surface area contributed by atoms with Gasteiger partial charge in [-0.15, -0.1) is 0 Å². The summed E-state index contributed by atoms with van der Waals surface area (Å²) in [7, 11) is -8.94. The summed E-state index contributed by atoms with van der Waals surface area (Å²) in [6, 6.07) is 5.75.